The minimum Gasteiger partial charge on any atom is -0.268 e. The third kappa shape index (κ3) is 3.53. The quantitative estimate of drug-likeness (QED) is 0.668. The molecule has 0 bridgehead atoms. The Hall–Kier alpha value is -2.10. The first-order valence-corrected chi connectivity index (χ1v) is 8.29. The molecule has 3 aromatic rings. The molecule has 0 saturated heterocycles. The molecule has 24 heavy (non-hydrogen) atoms. The predicted molar refractivity (Wildman–Crippen MR) is 99.0 cm³/mol. The molecule has 0 atom stereocenters. The highest BCUT2D eigenvalue weighted by Gasteiger charge is 2.07. The lowest BCUT2D eigenvalue weighted by atomic mass is 10.0. The van der Waals surface area contributed by atoms with Crippen molar-refractivity contribution in [3.8, 4) is 11.3 Å². The van der Waals surface area contributed by atoms with Gasteiger partial charge in [0, 0.05) is 11.6 Å². The molecule has 1 aromatic heterocycles. The van der Waals surface area contributed by atoms with Crippen LogP contribution in [0.15, 0.2) is 53.3 Å². The van der Waals surface area contributed by atoms with Crippen LogP contribution in [0.3, 0.4) is 0 Å². The molecule has 0 aliphatic heterocycles. The largest absolute Gasteiger partial charge is 0.268 e. The first-order chi connectivity index (χ1) is 11.4. The van der Waals surface area contributed by atoms with Crippen molar-refractivity contribution in [3.63, 3.8) is 0 Å². The van der Waals surface area contributed by atoms with E-state index in [-0.39, 0.29) is 5.56 Å². The van der Waals surface area contributed by atoms with E-state index in [1.165, 1.54) is 21.9 Å². The standard InChI is InChI=1S/C19H16Cl2N2O/c1-12-3-5-15(9-13(12)2)18-7-8-19(24)23(22-18)11-14-4-6-16(20)17(21)10-14/h3-10H,11H2,1-2H3. The van der Waals surface area contributed by atoms with Crippen molar-refractivity contribution in [1.29, 1.82) is 0 Å². The van der Waals surface area contributed by atoms with Gasteiger partial charge in [0.2, 0.25) is 0 Å². The van der Waals surface area contributed by atoms with E-state index in [4.69, 9.17) is 23.2 Å². The highest BCUT2D eigenvalue weighted by atomic mass is 35.5. The van der Waals surface area contributed by atoms with E-state index in [2.05, 4.69) is 31.1 Å². The van der Waals surface area contributed by atoms with E-state index >= 15 is 0 Å². The second kappa shape index (κ2) is 6.80. The number of hydrogen-bond acceptors (Lipinski definition) is 2. The number of benzene rings is 2. The van der Waals surface area contributed by atoms with Gasteiger partial charge in [-0.3, -0.25) is 4.79 Å². The third-order valence-electron chi connectivity index (χ3n) is 3.99. The Morgan fingerprint density at radius 3 is 2.42 bits per heavy atom. The van der Waals surface area contributed by atoms with Crippen LogP contribution in [0.2, 0.25) is 10.0 Å². The summed E-state index contributed by atoms with van der Waals surface area (Å²) in [7, 11) is 0. The zero-order valence-corrected chi connectivity index (χ0v) is 14.9. The molecule has 0 radical (unpaired) electrons. The fourth-order valence-electron chi connectivity index (χ4n) is 2.43. The first kappa shape index (κ1) is 16.7. The smallest absolute Gasteiger partial charge is 0.267 e. The lowest BCUT2D eigenvalue weighted by molar-refractivity contribution is 0.643. The Balaban J connectivity index is 1.98. The highest BCUT2D eigenvalue weighted by Crippen LogP contribution is 2.23. The number of aryl methyl sites for hydroxylation is 2. The maximum absolute atomic E-state index is 12.1. The fourth-order valence-corrected chi connectivity index (χ4v) is 2.75. The molecule has 0 aliphatic rings. The summed E-state index contributed by atoms with van der Waals surface area (Å²) < 4.78 is 1.43. The molecule has 0 amide bonds. The van der Waals surface area contributed by atoms with Gasteiger partial charge < -0.3 is 0 Å². The number of nitrogens with zero attached hydrogens (tertiary/aromatic N) is 2. The van der Waals surface area contributed by atoms with Crippen molar-refractivity contribution in [3.05, 3.63) is 85.6 Å². The van der Waals surface area contributed by atoms with Gasteiger partial charge in [-0.1, -0.05) is 41.4 Å². The Bertz CT molecular complexity index is 964. The molecule has 3 rings (SSSR count). The minimum atomic E-state index is -0.159. The molecule has 1 heterocycles. The van der Waals surface area contributed by atoms with Crippen LogP contribution in [0.25, 0.3) is 11.3 Å². The summed E-state index contributed by atoms with van der Waals surface area (Å²) in [6, 6.07) is 14.7. The molecule has 0 saturated carbocycles. The molecule has 2 aromatic carbocycles. The predicted octanol–water partition coefficient (Wildman–Crippen LogP) is 4.88. The summed E-state index contributed by atoms with van der Waals surface area (Å²) in [5.41, 5.74) is 4.88. The van der Waals surface area contributed by atoms with E-state index in [0.717, 1.165) is 16.8 Å². The molecule has 0 aliphatic carbocycles. The Kier molecular flexibility index (Phi) is 4.74. The molecule has 3 nitrogen and oxygen atoms in total. The lowest BCUT2D eigenvalue weighted by Gasteiger charge is -2.09. The van der Waals surface area contributed by atoms with Crippen LogP contribution in [0.5, 0.6) is 0 Å². The number of hydrogen-bond donors (Lipinski definition) is 0. The van der Waals surface area contributed by atoms with Crippen LogP contribution in [0.4, 0.5) is 0 Å². The van der Waals surface area contributed by atoms with E-state index in [0.29, 0.717) is 16.6 Å². The molecule has 122 valence electrons. The summed E-state index contributed by atoms with van der Waals surface area (Å²) in [4.78, 5) is 12.1. The lowest BCUT2D eigenvalue weighted by Crippen LogP contribution is -2.22. The molecule has 0 spiro atoms. The summed E-state index contributed by atoms with van der Waals surface area (Å²) in [6.45, 7) is 4.47. The van der Waals surface area contributed by atoms with E-state index in [1.807, 2.05) is 12.1 Å². The monoisotopic (exact) mass is 358 g/mol. The SMILES string of the molecule is Cc1ccc(-c2ccc(=O)n(Cc3ccc(Cl)c(Cl)c3)n2)cc1C. The van der Waals surface area contributed by atoms with Crippen LogP contribution in [0.1, 0.15) is 16.7 Å². The molecular weight excluding hydrogens is 343 g/mol. The zero-order valence-electron chi connectivity index (χ0n) is 13.4. The van der Waals surface area contributed by atoms with Crippen LogP contribution in [-0.4, -0.2) is 9.78 Å². The van der Waals surface area contributed by atoms with Crippen molar-refractivity contribution in [2.24, 2.45) is 0 Å². The normalized spacial score (nSPS) is 10.8. The average Bonchev–Trinajstić information content (AvgIpc) is 2.56. The summed E-state index contributed by atoms with van der Waals surface area (Å²) in [5, 5.41) is 5.44. The zero-order chi connectivity index (χ0) is 17.3. The fraction of sp³-hybridized carbons (Fsp3) is 0.158. The van der Waals surface area contributed by atoms with E-state index in [9.17, 15) is 4.79 Å². The molecule has 0 N–H and O–H groups in total. The van der Waals surface area contributed by atoms with Gasteiger partial charge in [0.1, 0.15) is 0 Å². The van der Waals surface area contributed by atoms with Crippen LogP contribution in [0, 0.1) is 13.8 Å². The second-order valence-corrected chi connectivity index (χ2v) is 6.58. The van der Waals surface area contributed by atoms with Gasteiger partial charge in [0.05, 0.1) is 22.3 Å². The number of aromatic nitrogens is 2. The van der Waals surface area contributed by atoms with Gasteiger partial charge in [0.15, 0.2) is 0 Å². The van der Waals surface area contributed by atoms with Crippen molar-refractivity contribution >= 4 is 23.2 Å². The van der Waals surface area contributed by atoms with E-state index in [1.54, 1.807) is 18.2 Å². The summed E-state index contributed by atoms with van der Waals surface area (Å²) in [6.07, 6.45) is 0. The number of rotatable bonds is 3. The van der Waals surface area contributed by atoms with Crippen molar-refractivity contribution in [1.82, 2.24) is 9.78 Å². The molecule has 5 heteroatoms. The van der Waals surface area contributed by atoms with Crippen LogP contribution in [-0.2, 0) is 6.54 Å². The maximum Gasteiger partial charge on any atom is 0.267 e. The van der Waals surface area contributed by atoms with Crippen molar-refractivity contribution in [2.75, 3.05) is 0 Å². The third-order valence-corrected chi connectivity index (χ3v) is 4.72. The first-order valence-electron chi connectivity index (χ1n) is 7.54. The van der Waals surface area contributed by atoms with Crippen LogP contribution >= 0.6 is 23.2 Å². The Morgan fingerprint density at radius 1 is 0.917 bits per heavy atom. The van der Waals surface area contributed by atoms with Gasteiger partial charge >= 0.3 is 0 Å². The van der Waals surface area contributed by atoms with Gasteiger partial charge in [-0.2, -0.15) is 5.10 Å². The topological polar surface area (TPSA) is 34.9 Å². The second-order valence-electron chi connectivity index (χ2n) is 5.76. The van der Waals surface area contributed by atoms with E-state index < -0.39 is 0 Å². The molecule has 0 unspecified atom stereocenters. The molecular formula is C19H16Cl2N2O. The highest BCUT2D eigenvalue weighted by molar-refractivity contribution is 6.42. The number of halogens is 2. The molecule has 0 fully saturated rings. The van der Waals surface area contributed by atoms with Gasteiger partial charge in [0.25, 0.3) is 5.56 Å². The summed E-state index contributed by atoms with van der Waals surface area (Å²) >= 11 is 12.0. The Labute approximate surface area is 150 Å². The van der Waals surface area contributed by atoms with Gasteiger partial charge in [-0.15, -0.1) is 0 Å². The van der Waals surface area contributed by atoms with Crippen molar-refractivity contribution in [2.45, 2.75) is 20.4 Å². The average molecular weight is 359 g/mol. The Morgan fingerprint density at radius 2 is 1.71 bits per heavy atom. The van der Waals surface area contributed by atoms with Gasteiger partial charge in [-0.05, 0) is 54.8 Å². The summed E-state index contributed by atoms with van der Waals surface area (Å²) in [5.74, 6) is 0. The maximum atomic E-state index is 12.1. The van der Waals surface area contributed by atoms with Gasteiger partial charge in [-0.25, -0.2) is 4.68 Å². The van der Waals surface area contributed by atoms with Crippen molar-refractivity contribution < 1.29 is 0 Å². The van der Waals surface area contributed by atoms with Crippen LogP contribution < -0.4 is 5.56 Å². The minimum absolute atomic E-state index is 0.159.